The Balaban J connectivity index is 2.20. The van der Waals surface area contributed by atoms with Gasteiger partial charge in [-0.3, -0.25) is 9.59 Å². The second-order valence-corrected chi connectivity index (χ2v) is 5.06. The highest BCUT2D eigenvalue weighted by atomic mass is 16.3. The largest absolute Gasteiger partial charge is 0.394 e. The molecule has 1 atom stereocenters. The summed E-state index contributed by atoms with van der Waals surface area (Å²) in [7, 11) is 0. The number of amides is 2. The molecule has 23 heavy (non-hydrogen) atoms. The van der Waals surface area contributed by atoms with Gasteiger partial charge in [-0.15, -0.1) is 0 Å². The average Bonchev–Trinajstić information content (AvgIpc) is 3.07. The quantitative estimate of drug-likeness (QED) is 0.605. The second kappa shape index (κ2) is 7.95. The van der Waals surface area contributed by atoms with Crippen LogP contribution in [0.5, 0.6) is 0 Å². The summed E-state index contributed by atoms with van der Waals surface area (Å²) < 4.78 is 0. The topological polar surface area (TPSA) is 94.2 Å². The summed E-state index contributed by atoms with van der Waals surface area (Å²) >= 11 is 0. The molecule has 4 N–H and O–H groups in total. The van der Waals surface area contributed by atoms with E-state index in [1.54, 1.807) is 55.6 Å². The summed E-state index contributed by atoms with van der Waals surface area (Å²) in [6.45, 7) is 1.48. The molecule has 0 bridgehead atoms. The fourth-order valence-corrected chi connectivity index (χ4v) is 1.88. The van der Waals surface area contributed by atoms with E-state index in [1.165, 1.54) is 0 Å². The van der Waals surface area contributed by atoms with E-state index in [0.29, 0.717) is 11.3 Å². The third kappa shape index (κ3) is 4.82. The molecule has 0 unspecified atom stereocenters. The van der Waals surface area contributed by atoms with Gasteiger partial charge in [-0.05, 0) is 37.3 Å². The van der Waals surface area contributed by atoms with E-state index in [9.17, 15) is 9.59 Å². The molecule has 0 saturated carbocycles. The van der Waals surface area contributed by atoms with Crippen molar-refractivity contribution in [3.8, 4) is 0 Å². The first-order valence-electron chi connectivity index (χ1n) is 7.23. The lowest BCUT2D eigenvalue weighted by Gasteiger charge is -2.14. The fourth-order valence-electron chi connectivity index (χ4n) is 1.88. The first-order valence-corrected chi connectivity index (χ1v) is 7.23. The van der Waals surface area contributed by atoms with Gasteiger partial charge in [0.1, 0.15) is 5.70 Å². The number of aromatic nitrogens is 1. The van der Waals surface area contributed by atoms with Crippen molar-refractivity contribution >= 4 is 17.9 Å². The SMILES string of the molecule is C[C@H](CO)NC(=O)/C(=C/c1ccc[nH]1)NC(=O)c1ccccc1. The number of aliphatic hydroxyl groups is 1. The predicted molar refractivity (Wildman–Crippen MR) is 87.4 cm³/mol. The van der Waals surface area contributed by atoms with Crippen LogP contribution in [0.4, 0.5) is 0 Å². The zero-order valence-electron chi connectivity index (χ0n) is 12.7. The molecule has 0 aliphatic carbocycles. The van der Waals surface area contributed by atoms with Gasteiger partial charge < -0.3 is 20.7 Å². The number of benzene rings is 1. The van der Waals surface area contributed by atoms with Crippen molar-refractivity contribution < 1.29 is 14.7 Å². The Kier molecular flexibility index (Phi) is 5.71. The van der Waals surface area contributed by atoms with Gasteiger partial charge in [-0.2, -0.15) is 0 Å². The van der Waals surface area contributed by atoms with Crippen LogP contribution >= 0.6 is 0 Å². The van der Waals surface area contributed by atoms with Crippen LogP contribution in [-0.2, 0) is 4.79 Å². The molecule has 6 nitrogen and oxygen atoms in total. The Hall–Kier alpha value is -2.86. The van der Waals surface area contributed by atoms with Crippen LogP contribution in [0.2, 0.25) is 0 Å². The van der Waals surface area contributed by atoms with E-state index in [0.717, 1.165) is 0 Å². The number of aromatic amines is 1. The van der Waals surface area contributed by atoms with Crippen molar-refractivity contribution in [1.82, 2.24) is 15.6 Å². The molecule has 2 amide bonds. The van der Waals surface area contributed by atoms with Crippen LogP contribution < -0.4 is 10.6 Å². The molecule has 2 rings (SSSR count). The fraction of sp³-hybridized carbons (Fsp3) is 0.176. The van der Waals surface area contributed by atoms with Crippen molar-refractivity contribution in [3.05, 3.63) is 65.6 Å². The molecule has 0 radical (unpaired) electrons. The molecule has 0 aliphatic heterocycles. The zero-order valence-corrected chi connectivity index (χ0v) is 12.7. The molecule has 2 aromatic rings. The first-order chi connectivity index (χ1) is 11.1. The number of aliphatic hydroxyl groups excluding tert-OH is 1. The Bertz CT molecular complexity index is 678. The summed E-state index contributed by atoms with van der Waals surface area (Å²) in [5.41, 5.74) is 1.23. The Morgan fingerprint density at radius 2 is 1.96 bits per heavy atom. The lowest BCUT2D eigenvalue weighted by atomic mass is 10.2. The van der Waals surface area contributed by atoms with E-state index in [4.69, 9.17) is 5.11 Å². The van der Waals surface area contributed by atoms with Crippen LogP contribution in [0.25, 0.3) is 6.08 Å². The van der Waals surface area contributed by atoms with Crippen molar-refractivity contribution in [2.24, 2.45) is 0 Å². The summed E-state index contributed by atoms with van der Waals surface area (Å²) in [6, 6.07) is 11.8. The zero-order chi connectivity index (χ0) is 16.7. The number of H-pyrrole nitrogens is 1. The van der Waals surface area contributed by atoms with Gasteiger partial charge in [-0.25, -0.2) is 0 Å². The van der Waals surface area contributed by atoms with Gasteiger partial charge >= 0.3 is 0 Å². The van der Waals surface area contributed by atoms with E-state index in [1.807, 2.05) is 6.07 Å². The minimum Gasteiger partial charge on any atom is -0.394 e. The Labute approximate surface area is 134 Å². The van der Waals surface area contributed by atoms with E-state index in [2.05, 4.69) is 15.6 Å². The third-order valence-electron chi connectivity index (χ3n) is 3.10. The second-order valence-electron chi connectivity index (χ2n) is 5.06. The van der Waals surface area contributed by atoms with Crippen molar-refractivity contribution in [2.75, 3.05) is 6.61 Å². The maximum Gasteiger partial charge on any atom is 0.268 e. The monoisotopic (exact) mass is 313 g/mol. The summed E-state index contributed by atoms with van der Waals surface area (Å²) in [6.07, 6.45) is 3.26. The van der Waals surface area contributed by atoms with Gasteiger partial charge in [0.2, 0.25) is 0 Å². The maximum atomic E-state index is 12.3. The lowest BCUT2D eigenvalue weighted by Crippen LogP contribution is -2.40. The number of carbonyl (C=O) groups is 2. The molecule has 0 aliphatic rings. The first kappa shape index (κ1) is 16.5. The number of hydrogen-bond acceptors (Lipinski definition) is 3. The standard InChI is InChI=1S/C17H19N3O3/c1-12(11-21)19-17(23)15(10-14-8-5-9-18-14)20-16(22)13-6-3-2-4-7-13/h2-10,12,18,21H,11H2,1H3,(H,19,23)(H,20,22)/b15-10-/t12-/m1/s1. The normalized spacial score (nSPS) is 12.5. The minimum absolute atomic E-state index is 0.0987. The predicted octanol–water partition coefficient (Wildman–Crippen LogP) is 1.28. The van der Waals surface area contributed by atoms with Crippen molar-refractivity contribution in [2.45, 2.75) is 13.0 Å². The minimum atomic E-state index is -0.467. The number of carbonyl (C=O) groups excluding carboxylic acids is 2. The molecule has 0 saturated heterocycles. The van der Waals surface area contributed by atoms with Crippen LogP contribution in [-0.4, -0.2) is 34.6 Å². The highest BCUT2D eigenvalue weighted by Crippen LogP contribution is 2.05. The van der Waals surface area contributed by atoms with Gasteiger partial charge in [-0.1, -0.05) is 18.2 Å². The van der Waals surface area contributed by atoms with Crippen LogP contribution in [0.3, 0.4) is 0 Å². The molecule has 1 heterocycles. The summed E-state index contributed by atoms with van der Waals surface area (Å²) in [4.78, 5) is 27.5. The number of nitrogens with one attached hydrogen (secondary N) is 3. The van der Waals surface area contributed by atoms with Gasteiger partial charge in [0.15, 0.2) is 0 Å². The molecule has 120 valence electrons. The molecule has 0 spiro atoms. The Morgan fingerprint density at radius 1 is 1.22 bits per heavy atom. The molecular formula is C17H19N3O3. The molecular weight excluding hydrogens is 294 g/mol. The van der Waals surface area contributed by atoms with Crippen LogP contribution in [0.1, 0.15) is 23.0 Å². The summed E-state index contributed by atoms with van der Waals surface area (Å²) in [5, 5.41) is 14.3. The van der Waals surface area contributed by atoms with Gasteiger partial charge in [0.05, 0.1) is 6.61 Å². The molecule has 0 fully saturated rings. The van der Waals surface area contributed by atoms with E-state index >= 15 is 0 Å². The Morgan fingerprint density at radius 3 is 2.57 bits per heavy atom. The number of hydrogen-bond donors (Lipinski definition) is 4. The lowest BCUT2D eigenvalue weighted by molar-refractivity contribution is -0.118. The van der Waals surface area contributed by atoms with Gasteiger partial charge in [0.25, 0.3) is 11.8 Å². The average molecular weight is 313 g/mol. The smallest absolute Gasteiger partial charge is 0.268 e. The van der Waals surface area contributed by atoms with Gasteiger partial charge in [0, 0.05) is 23.5 Å². The third-order valence-corrected chi connectivity index (χ3v) is 3.10. The molecule has 1 aromatic carbocycles. The van der Waals surface area contributed by atoms with Crippen LogP contribution in [0, 0.1) is 0 Å². The van der Waals surface area contributed by atoms with Crippen molar-refractivity contribution in [1.29, 1.82) is 0 Å². The van der Waals surface area contributed by atoms with Crippen molar-refractivity contribution in [3.63, 3.8) is 0 Å². The molecule has 6 heteroatoms. The maximum absolute atomic E-state index is 12.3. The number of rotatable bonds is 6. The van der Waals surface area contributed by atoms with E-state index < -0.39 is 11.9 Å². The highest BCUT2D eigenvalue weighted by molar-refractivity contribution is 6.05. The highest BCUT2D eigenvalue weighted by Gasteiger charge is 2.16. The molecule has 1 aromatic heterocycles. The van der Waals surface area contributed by atoms with Crippen LogP contribution in [0.15, 0.2) is 54.4 Å². The van der Waals surface area contributed by atoms with E-state index in [-0.39, 0.29) is 18.2 Å². The summed E-state index contributed by atoms with van der Waals surface area (Å²) in [5.74, 6) is -0.847.